The molecule has 1 aromatic rings. The highest BCUT2D eigenvalue weighted by atomic mass is 16.2. The molecule has 3 heteroatoms. The van der Waals surface area contributed by atoms with Crippen molar-refractivity contribution in [3.63, 3.8) is 0 Å². The molecule has 0 N–H and O–H groups in total. The summed E-state index contributed by atoms with van der Waals surface area (Å²) in [6.45, 7) is 2.65. The van der Waals surface area contributed by atoms with E-state index in [9.17, 15) is 4.79 Å². The van der Waals surface area contributed by atoms with Gasteiger partial charge in [0.15, 0.2) is 0 Å². The Morgan fingerprint density at radius 2 is 2.25 bits per heavy atom. The molecule has 0 radical (unpaired) electrons. The average Bonchev–Trinajstić information content (AvgIpc) is 2.30. The molecule has 0 bridgehead atoms. The minimum atomic E-state index is 0.00542. The Morgan fingerprint density at radius 3 is 3.00 bits per heavy atom. The SMILES string of the molecule is CC(CC#N)N1CCc2ccccc2C1=O. The molecule has 0 aliphatic carbocycles. The molecule has 1 aliphatic rings. The molecule has 1 aromatic carbocycles. The first kappa shape index (κ1) is 10.7. The zero-order chi connectivity index (χ0) is 11.5. The Labute approximate surface area is 95.3 Å². The summed E-state index contributed by atoms with van der Waals surface area (Å²) in [6, 6.07) is 9.83. The topological polar surface area (TPSA) is 44.1 Å². The third kappa shape index (κ3) is 1.79. The number of carbonyl (C=O) groups excluding carboxylic acids is 1. The highest BCUT2D eigenvalue weighted by molar-refractivity contribution is 5.96. The fourth-order valence-electron chi connectivity index (χ4n) is 2.11. The molecule has 1 heterocycles. The van der Waals surface area contributed by atoms with E-state index < -0.39 is 0 Å². The molecule has 16 heavy (non-hydrogen) atoms. The second-order valence-corrected chi connectivity index (χ2v) is 4.12. The van der Waals surface area contributed by atoms with Crippen molar-refractivity contribution < 1.29 is 4.79 Å². The second kappa shape index (κ2) is 4.36. The first-order chi connectivity index (χ1) is 7.74. The molecule has 1 unspecified atom stereocenters. The number of nitriles is 1. The fraction of sp³-hybridized carbons (Fsp3) is 0.385. The predicted octanol–water partition coefficient (Wildman–Crippen LogP) is 1.99. The number of benzene rings is 1. The smallest absolute Gasteiger partial charge is 0.254 e. The van der Waals surface area contributed by atoms with Gasteiger partial charge >= 0.3 is 0 Å². The number of hydrogen-bond acceptors (Lipinski definition) is 2. The third-order valence-electron chi connectivity index (χ3n) is 3.05. The molecule has 2 rings (SSSR count). The van der Waals surface area contributed by atoms with Crippen LogP contribution in [-0.4, -0.2) is 23.4 Å². The van der Waals surface area contributed by atoms with Crippen LogP contribution >= 0.6 is 0 Å². The lowest BCUT2D eigenvalue weighted by Gasteiger charge is -2.32. The van der Waals surface area contributed by atoms with Gasteiger partial charge in [0.25, 0.3) is 5.91 Å². The number of carbonyl (C=O) groups is 1. The average molecular weight is 214 g/mol. The molecular formula is C13H14N2O. The van der Waals surface area contributed by atoms with Crippen LogP contribution in [0.1, 0.15) is 29.3 Å². The van der Waals surface area contributed by atoms with Crippen LogP contribution in [0, 0.1) is 11.3 Å². The van der Waals surface area contributed by atoms with Crippen LogP contribution < -0.4 is 0 Å². The fourth-order valence-corrected chi connectivity index (χ4v) is 2.11. The summed E-state index contributed by atoms with van der Waals surface area (Å²) in [5, 5.41) is 8.66. The van der Waals surface area contributed by atoms with Gasteiger partial charge in [0.1, 0.15) is 0 Å². The van der Waals surface area contributed by atoms with Gasteiger partial charge in [0.05, 0.1) is 12.5 Å². The van der Waals surface area contributed by atoms with Crippen LogP contribution in [0.4, 0.5) is 0 Å². The molecule has 0 spiro atoms. The molecule has 82 valence electrons. The van der Waals surface area contributed by atoms with Gasteiger partial charge in [-0.1, -0.05) is 18.2 Å². The van der Waals surface area contributed by atoms with E-state index in [1.807, 2.05) is 31.2 Å². The van der Waals surface area contributed by atoms with E-state index in [0.717, 1.165) is 24.1 Å². The zero-order valence-corrected chi connectivity index (χ0v) is 9.31. The molecule has 0 fully saturated rings. The van der Waals surface area contributed by atoms with E-state index in [1.165, 1.54) is 0 Å². The van der Waals surface area contributed by atoms with E-state index in [4.69, 9.17) is 5.26 Å². The van der Waals surface area contributed by atoms with Gasteiger partial charge in [-0.05, 0) is 25.0 Å². The van der Waals surface area contributed by atoms with Crippen LogP contribution in [0.2, 0.25) is 0 Å². The molecule has 1 atom stereocenters. The summed E-state index contributed by atoms with van der Waals surface area (Å²) in [4.78, 5) is 13.9. The highest BCUT2D eigenvalue weighted by Gasteiger charge is 2.26. The highest BCUT2D eigenvalue weighted by Crippen LogP contribution is 2.20. The van der Waals surface area contributed by atoms with Crippen molar-refractivity contribution in [2.45, 2.75) is 25.8 Å². The van der Waals surface area contributed by atoms with Gasteiger partial charge in [0, 0.05) is 18.2 Å². The van der Waals surface area contributed by atoms with Gasteiger partial charge in [-0.25, -0.2) is 0 Å². The van der Waals surface area contributed by atoms with Crippen LogP contribution in [0.15, 0.2) is 24.3 Å². The molecule has 3 nitrogen and oxygen atoms in total. The molecular weight excluding hydrogens is 200 g/mol. The van der Waals surface area contributed by atoms with Crippen molar-refractivity contribution in [2.24, 2.45) is 0 Å². The van der Waals surface area contributed by atoms with Crippen molar-refractivity contribution in [1.29, 1.82) is 5.26 Å². The minimum Gasteiger partial charge on any atom is -0.335 e. The number of amides is 1. The molecule has 1 aliphatic heterocycles. The first-order valence-corrected chi connectivity index (χ1v) is 5.50. The second-order valence-electron chi connectivity index (χ2n) is 4.12. The van der Waals surface area contributed by atoms with E-state index in [0.29, 0.717) is 6.42 Å². The van der Waals surface area contributed by atoms with Crippen LogP contribution in [0.5, 0.6) is 0 Å². The molecule has 1 amide bonds. The lowest BCUT2D eigenvalue weighted by Crippen LogP contribution is -2.43. The lowest BCUT2D eigenvalue weighted by molar-refractivity contribution is 0.0677. The van der Waals surface area contributed by atoms with Gasteiger partial charge in [0.2, 0.25) is 0 Å². The largest absolute Gasteiger partial charge is 0.335 e. The van der Waals surface area contributed by atoms with Crippen LogP contribution in [-0.2, 0) is 6.42 Å². The predicted molar refractivity (Wildman–Crippen MR) is 60.9 cm³/mol. The monoisotopic (exact) mass is 214 g/mol. The third-order valence-corrected chi connectivity index (χ3v) is 3.05. The maximum atomic E-state index is 12.1. The van der Waals surface area contributed by atoms with Gasteiger partial charge < -0.3 is 4.90 Å². The van der Waals surface area contributed by atoms with Gasteiger partial charge in [-0.3, -0.25) is 4.79 Å². The van der Waals surface area contributed by atoms with E-state index >= 15 is 0 Å². The maximum Gasteiger partial charge on any atom is 0.254 e. The van der Waals surface area contributed by atoms with Crippen molar-refractivity contribution in [1.82, 2.24) is 4.90 Å². The number of nitrogens with zero attached hydrogens (tertiary/aromatic N) is 2. The first-order valence-electron chi connectivity index (χ1n) is 5.50. The van der Waals surface area contributed by atoms with Crippen molar-refractivity contribution in [3.8, 4) is 6.07 Å². The summed E-state index contributed by atoms with van der Waals surface area (Å²) in [7, 11) is 0. The lowest BCUT2D eigenvalue weighted by atomic mass is 9.97. The van der Waals surface area contributed by atoms with E-state index in [-0.39, 0.29) is 11.9 Å². The van der Waals surface area contributed by atoms with E-state index in [2.05, 4.69) is 6.07 Å². The van der Waals surface area contributed by atoms with Gasteiger partial charge in [-0.2, -0.15) is 5.26 Å². The quantitative estimate of drug-likeness (QED) is 0.755. The normalized spacial score (nSPS) is 16.5. The van der Waals surface area contributed by atoms with Crippen LogP contribution in [0.25, 0.3) is 0 Å². The zero-order valence-electron chi connectivity index (χ0n) is 9.31. The van der Waals surface area contributed by atoms with Crippen molar-refractivity contribution >= 4 is 5.91 Å². The summed E-state index contributed by atoms with van der Waals surface area (Å²) in [5.74, 6) is 0.0598. The molecule has 0 saturated heterocycles. The Morgan fingerprint density at radius 1 is 1.50 bits per heavy atom. The molecule has 0 saturated carbocycles. The van der Waals surface area contributed by atoms with Crippen molar-refractivity contribution in [2.75, 3.05) is 6.54 Å². The van der Waals surface area contributed by atoms with Crippen LogP contribution in [0.3, 0.4) is 0 Å². The van der Waals surface area contributed by atoms with Crippen molar-refractivity contribution in [3.05, 3.63) is 35.4 Å². The standard InChI is InChI=1S/C13H14N2O/c1-10(6-8-14)15-9-7-11-4-2-3-5-12(11)13(15)16/h2-5,10H,6-7,9H2,1H3. The molecule has 0 aromatic heterocycles. The Kier molecular flexibility index (Phi) is 2.91. The van der Waals surface area contributed by atoms with E-state index in [1.54, 1.807) is 4.90 Å². The Balaban J connectivity index is 2.25. The summed E-state index contributed by atoms with van der Waals surface area (Å²) in [6.07, 6.45) is 1.28. The number of rotatable bonds is 2. The van der Waals surface area contributed by atoms with Gasteiger partial charge in [-0.15, -0.1) is 0 Å². The summed E-state index contributed by atoms with van der Waals surface area (Å²) >= 11 is 0. The Bertz CT molecular complexity index is 447. The minimum absolute atomic E-state index is 0.00542. The summed E-state index contributed by atoms with van der Waals surface area (Å²) < 4.78 is 0. The summed E-state index contributed by atoms with van der Waals surface area (Å²) in [5.41, 5.74) is 1.91. The maximum absolute atomic E-state index is 12.1. The number of hydrogen-bond donors (Lipinski definition) is 0. The number of fused-ring (bicyclic) bond motifs is 1. The Hall–Kier alpha value is -1.82.